The lowest BCUT2D eigenvalue weighted by Crippen LogP contribution is -2.31. The lowest BCUT2D eigenvalue weighted by Gasteiger charge is -2.24. The zero-order valence-corrected chi connectivity index (χ0v) is 23.6. The average Bonchev–Trinajstić information content (AvgIpc) is 2.86. The first kappa shape index (κ1) is 33.2. The van der Waals surface area contributed by atoms with E-state index >= 15 is 0 Å². The summed E-state index contributed by atoms with van der Waals surface area (Å²) in [5.74, 6) is -2.03. The molecular weight excluding hydrogens is 516 g/mol. The molecule has 2 aromatic heterocycles. The molecule has 2 aromatic rings. The third-order valence-electron chi connectivity index (χ3n) is 6.24. The van der Waals surface area contributed by atoms with Crippen LogP contribution in [-0.2, 0) is 35.8 Å². The van der Waals surface area contributed by atoms with E-state index in [0.29, 0.717) is 31.0 Å². The highest BCUT2D eigenvalue weighted by atomic mass is 16.4. The van der Waals surface area contributed by atoms with Gasteiger partial charge in [-0.15, -0.1) is 0 Å². The van der Waals surface area contributed by atoms with Crippen LogP contribution in [0.2, 0.25) is 0 Å². The maximum Gasteiger partial charge on any atom is 0.317 e. The number of aryl methyl sites for hydroxylation is 2. The molecular formula is C28H44N6O6. The highest BCUT2D eigenvalue weighted by Gasteiger charge is 2.15. The number of hydrogen-bond acceptors (Lipinski definition) is 10. The number of unbranched alkanes of at least 4 members (excludes halogenated alkanes) is 3. The van der Waals surface area contributed by atoms with Crippen LogP contribution in [-0.4, -0.2) is 96.7 Å². The van der Waals surface area contributed by atoms with Crippen molar-refractivity contribution in [2.75, 3.05) is 39.6 Å². The third-order valence-corrected chi connectivity index (χ3v) is 6.24. The van der Waals surface area contributed by atoms with E-state index in [-0.39, 0.29) is 39.6 Å². The number of aliphatic hydroxyl groups is 2. The van der Waals surface area contributed by atoms with Gasteiger partial charge in [-0.1, -0.05) is 12.8 Å². The smallest absolute Gasteiger partial charge is 0.317 e. The van der Waals surface area contributed by atoms with Gasteiger partial charge in [-0.05, 0) is 75.2 Å². The molecule has 40 heavy (non-hydrogen) atoms. The molecule has 0 fully saturated rings. The molecule has 0 aromatic carbocycles. The van der Waals surface area contributed by atoms with Crippen LogP contribution in [0, 0.1) is 13.8 Å². The monoisotopic (exact) mass is 560 g/mol. The Balaban J connectivity index is 2.23. The molecule has 0 atom stereocenters. The molecule has 0 aliphatic heterocycles. The predicted octanol–water partition coefficient (Wildman–Crippen LogP) is 1.29. The molecule has 0 spiro atoms. The Morgan fingerprint density at radius 3 is 1.40 bits per heavy atom. The highest BCUT2D eigenvalue weighted by Crippen LogP contribution is 2.16. The Morgan fingerprint density at radius 1 is 0.675 bits per heavy atom. The second-order valence-corrected chi connectivity index (χ2v) is 10.2. The van der Waals surface area contributed by atoms with Gasteiger partial charge in [0.25, 0.3) is 0 Å². The summed E-state index contributed by atoms with van der Waals surface area (Å²) < 4.78 is 0. The second kappa shape index (κ2) is 17.6. The number of carboxylic acid groups (broad SMARTS) is 2. The first-order valence-corrected chi connectivity index (χ1v) is 13.6. The van der Waals surface area contributed by atoms with Crippen LogP contribution in [0.25, 0.3) is 0 Å². The number of aliphatic hydroxyl groups excluding tert-OH is 2. The van der Waals surface area contributed by atoms with E-state index in [1.54, 1.807) is 0 Å². The van der Waals surface area contributed by atoms with Crippen molar-refractivity contribution in [3.05, 3.63) is 58.2 Å². The summed E-state index contributed by atoms with van der Waals surface area (Å²) in [5.41, 5.74) is 10.7. The molecule has 0 unspecified atom stereocenters. The average molecular weight is 561 g/mol. The zero-order chi connectivity index (χ0) is 29.5. The van der Waals surface area contributed by atoms with Gasteiger partial charge in [0, 0.05) is 26.2 Å². The van der Waals surface area contributed by atoms with Crippen LogP contribution in [0.5, 0.6) is 0 Å². The Morgan fingerprint density at radius 2 is 1.05 bits per heavy atom. The number of nitrogens with zero attached hydrogens (tertiary/aromatic N) is 5. The number of rotatable bonds is 20. The van der Waals surface area contributed by atoms with Crippen LogP contribution in [0.3, 0.4) is 0 Å². The molecule has 0 radical (unpaired) electrons. The Labute approximate surface area is 236 Å². The summed E-state index contributed by atoms with van der Waals surface area (Å²) in [4.78, 5) is 36.8. The molecule has 0 bridgehead atoms. The van der Waals surface area contributed by atoms with Crippen LogP contribution in [0.15, 0.2) is 24.3 Å². The standard InChI is InChI=1S/C28H44N6O6/c1-21-9-23(30-25(11-21)15-33(19-35)17-27(37)38)13-32(8-6-4-3-5-7-29)14-24-10-22(2)12-26(31-24)16-34(20-36)18-28(39)40/h9-12,35-36H,3-8,13-20,29H2,1-2H3,(H,37,38)(H,39,40). The fourth-order valence-corrected chi connectivity index (χ4v) is 4.61. The lowest BCUT2D eigenvalue weighted by atomic mass is 10.1. The minimum Gasteiger partial charge on any atom is -0.480 e. The number of carbonyl (C=O) groups is 2. The van der Waals surface area contributed by atoms with Gasteiger partial charge in [-0.3, -0.25) is 34.3 Å². The van der Waals surface area contributed by atoms with E-state index in [0.717, 1.165) is 54.7 Å². The van der Waals surface area contributed by atoms with Crippen molar-refractivity contribution in [2.45, 2.75) is 65.7 Å². The van der Waals surface area contributed by atoms with Crippen LogP contribution < -0.4 is 5.73 Å². The van der Waals surface area contributed by atoms with Crippen molar-refractivity contribution < 1.29 is 30.0 Å². The van der Waals surface area contributed by atoms with Gasteiger partial charge in [0.2, 0.25) is 0 Å². The first-order chi connectivity index (χ1) is 19.1. The summed E-state index contributed by atoms with van der Waals surface area (Å²) in [5, 5.41) is 37.3. The minimum absolute atomic E-state index is 0.219. The van der Waals surface area contributed by atoms with Crippen LogP contribution >= 0.6 is 0 Å². The molecule has 6 N–H and O–H groups in total. The maximum absolute atomic E-state index is 11.1. The lowest BCUT2D eigenvalue weighted by molar-refractivity contribution is -0.140. The van der Waals surface area contributed by atoms with Crippen LogP contribution in [0.1, 0.15) is 59.6 Å². The van der Waals surface area contributed by atoms with Gasteiger partial charge in [-0.2, -0.15) is 0 Å². The molecule has 2 rings (SSSR count). The molecule has 0 aliphatic rings. The summed E-state index contributed by atoms with van der Waals surface area (Å²) in [7, 11) is 0. The zero-order valence-electron chi connectivity index (χ0n) is 23.6. The summed E-state index contributed by atoms with van der Waals surface area (Å²) >= 11 is 0. The fourth-order valence-electron chi connectivity index (χ4n) is 4.61. The van der Waals surface area contributed by atoms with E-state index in [9.17, 15) is 19.8 Å². The van der Waals surface area contributed by atoms with E-state index < -0.39 is 11.9 Å². The van der Waals surface area contributed by atoms with E-state index in [2.05, 4.69) is 4.90 Å². The predicted molar refractivity (Wildman–Crippen MR) is 150 cm³/mol. The van der Waals surface area contributed by atoms with Gasteiger partial charge in [-0.25, -0.2) is 0 Å². The number of carboxylic acids is 2. The topological polar surface area (TPSA) is 177 Å². The normalized spacial score (nSPS) is 11.6. The molecule has 12 heteroatoms. The fraction of sp³-hybridized carbons (Fsp3) is 0.571. The van der Waals surface area contributed by atoms with Crippen molar-refractivity contribution >= 4 is 11.9 Å². The van der Waals surface area contributed by atoms with Crippen molar-refractivity contribution in [1.29, 1.82) is 0 Å². The van der Waals surface area contributed by atoms with E-state index in [1.165, 1.54) is 9.80 Å². The third kappa shape index (κ3) is 12.9. The molecule has 12 nitrogen and oxygen atoms in total. The van der Waals surface area contributed by atoms with Crippen molar-refractivity contribution in [3.63, 3.8) is 0 Å². The van der Waals surface area contributed by atoms with Crippen molar-refractivity contribution in [1.82, 2.24) is 24.7 Å². The van der Waals surface area contributed by atoms with Gasteiger partial charge >= 0.3 is 11.9 Å². The second-order valence-electron chi connectivity index (χ2n) is 10.2. The maximum atomic E-state index is 11.1. The van der Waals surface area contributed by atoms with Gasteiger partial charge < -0.3 is 26.2 Å². The van der Waals surface area contributed by atoms with Crippen molar-refractivity contribution in [2.24, 2.45) is 5.73 Å². The molecule has 2 heterocycles. The number of pyridine rings is 2. The number of hydrogen-bond donors (Lipinski definition) is 5. The molecule has 0 amide bonds. The SMILES string of the molecule is Cc1cc(CN(CO)CC(=O)O)nc(CN(CCCCCCN)Cc2cc(C)cc(CN(CO)CC(=O)O)n2)c1. The quantitative estimate of drug-likeness (QED) is 0.116. The number of aliphatic carboxylic acids is 2. The number of nitrogens with two attached hydrogens (primary N) is 1. The first-order valence-electron chi connectivity index (χ1n) is 13.6. The van der Waals surface area contributed by atoms with Gasteiger partial charge in [0.15, 0.2) is 0 Å². The number of aromatic nitrogens is 2. The van der Waals surface area contributed by atoms with Gasteiger partial charge in [0.1, 0.15) is 0 Å². The Bertz CT molecular complexity index is 1010. The summed E-state index contributed by atoms with van der Waals surface area (Å²) in [6.07, 6.45) is 4.07. The Hall–Kier alpha value is -3.00. The summed E-state index contributed by atoms with van der Waals surface area (Å²) in [6, 6.07) is 7.80. The molecule has 0 saturated carbocycles. The van der Waals surface area contributed by atoms with Crippen molar-refractivity contribution in [3.8, 4) is 0 Å². The highest BCUT2D eigenvalue weighted by molar-refractivity contribution is 5.69. The Kier molecular flexibility index (Phi) is 14.6. The summed E-state index contributed by atoms with van der Waals surface area (Å²) in [6.45, 7) is 5.63. The molecule has 0 aliphatic carbocycles. The van der Waals surface area contributed by atoms with E-state index in [4.69, 9.17) is 25.9 Å². The van der Waals surface area contributed by atoms with Gasteiger partial charge in [0.05, 0.1) is 49.3 Å². The molecule has 0 saturated heterocycles. The molecule has 222 valence electrons. The van der Waals surface area contributed by atoms with Crippen LogP contribution in [0.4, 0.5) is 0 Å². The minimum atomic E-state index is -1.02. The van der Waals surface area contributed by atoms with E-state index in [1.807, 2.05) is 38.1 Å². The largest absolute Gasteiger partial charge is 0.480 e.